The predicted octanol–water partition coefficient (Wildman–Crippen LogP) is 0.544. The molecule has 2 heteroatoms. The third kappa shape index (κ3) is 19500. The molecule has 0 rings (SSSR count). The summed E-state index contributed by atoms with van der Waals surface area (Å²) in [5, 5.41) is 0. The van der Waals surface area contributed by atoms with Gasteiger partial charge in [0.2, 0.25) is 0 Å². The maximum absolute atomic E-state index is 4.76. The zero-order valence-electron chi connectivity index (χ0n) is 2.16. The van der Waals surface area contributed by atoms with Crippen LogP contribution in [0.3, 0.4) is 0 Å². The van der Waals surface area contributed by atoms with Crippen molar-refractivity contribution in [3.63, 3.8) is 0 Å². The van der Waals surface area contributed by atoms with Gasteiger partial charge in [-0.3, -0.25) is 0 Å². The third-order valence-electron chi connectivity index (χ3n) is 0. The lowest BCUT2D eigenvalue weighted by atomic mass is 11.3. The molecule has 0 unspecified atom stereocenters. The molecule has 0 amide bonds. The van der Waals surface area contributed by atoms with Crippen molar-refractivity contribution < 1.29 is 5.48 Å². The maximum atomic E-state index is 4.76. The molecule has 0 saturated heterocycles. The van der Waals surface area contributed by atoms with Gasteiger partial charge < -0.3 is 5.48 Å². The molecule has 4 heavy (non-hydrogen) atoms. The Morgan fingerprint density at radius 3 is 1.75 bits per heavy atom. The molecule has 0 aliphatic heterocycles. The SMILES string of the molecule is C=CCl.O. The van der Waals surface area contributed by atoms with Crippen molar-refractivity contribution >= 4 is 11.6 Å². The second-order valence-electron chi connectivity index (χ2n) is 0.154. The summed E-state index contributed by atoms with van der Waals surface area (Å²) in [5.74, 6) is 0. The first-order valence-corrected chi connectivity index (χ1v) is 1.06. The van der Waals surface area contributed by atoms with E-state index in [-0.39, 0.29) is 5.48 Å². The normalized spacial score (nSPS) is 3.25. The molecule has 0 radical (unpaired) electrons. The van der Waals surface area contributed by atoms with Gasteiger partial charge in [-0.05, 0) is 5.54 Å². The number of halogens is 1. The highest BCUT2D eigenvalue weighted by atomic mass is 35.5. The summed E-state index contributed by atoms with van der Waals surface area (Å²) in [6.07, 6.45) is 0. The van der Waals surface area contributed by atoms with E-state index < -0.39 is 0 Å². The standard InChI is InChI=1S/C2H3Cl.H2O/c1-2-3;/h2H,1H2;1H2. The zero-order chi connectivity index (χ0) is 2.71. The Bertz CT molecular complexity index is 13.5. The molecule has 0 spiro atoms. The van der Waals surface area contributed by atoms with Crippen molar-refractivity contribution in [3.05, 3.63) is 12.1 Å². The average Bonchev–Trinajstić information content (AvgIpc) is 0.918. The minimum Gasteiger partial charge on any atom is -0.412 e. The average molecular weight is 80.5 g/mol. The van der Waals surface area contributed by atoms with E-state index in [4.69, 9.17) is 11.6 Å². The molecule has 0 fully saturated rings. The van der Waals surface area contributed by atoms with Gasteiger partial charge in [-0.15, -0.1) is 0 Å². The van der Waals surface area contributed by atoms with Crippen LogP contribution >= 0.6 is 11.6 Å². The smallest absolute Gasteiger partial charge is 0.00296 e. The fourth-order valence-electron chi connectivity index (χ4n) is 0. The Hall–Kier alpha value is -0.0100. The van der Waals surface area contributed by atoms with Gasteiger partial charge >= 0.3 is 0 Å². The lowest BCUT2D eigenvalue weighted by Gasteiger charge is -1.27. The van der Waals surface area contributed by atoms with Crippen LogP contribution in [0.5, 0.6) is 0 Å². The van der Waals surface area contributed by atoms with Crippen molar-refractivity contribution in [1.29, 1.82) is 0 Å². The number of hydrogen-bond acceptors (Lipinski definition) is 0. The molecular formula is C2H5ClO. The van der Waals surface area contributed by atoms with Crippen LogP contribution in [-0.2, 0) is 0 Å². The molecule has 0 atom stereocenters. The molecule has 26 valence electrons. The molecule has 0 aliphatic rings. The van der Waals surface area contributed by atoms with Crippen LogP contribution in [0.2, 0.25) is 0 Å². The fraction of sp³-hybridized carbons (Fsp3) is 0. The highest BCUT2D eigenvalue weighted by Crippen LogP contribution is 1.60. The number of hydrogen-bond donors (Lipinski definition) is 0. The van der Waals surface area contributed by atoms with Crippen molar-refractivity contribution in [1.82, 2.24) is 0 Å². The Labute approximate surface area is 30.2 Å². The van der Waals surface area contributed by atoms with Gasteiger partial charge in [-0.25, -0.2) is 0 Å². The van der Waals surface area contributed by atoms with Gasteiger partial charge in [0.25, 0.3) is 0 Å². The van der Waals surface area contributed by atoms with Crippen molar-refractivity contribution in [2.24, 2.45) is 0 Å². The van der Waals surface area contributed by atoms with E-state index in [2.05, 4.69) is 6.58 Å². The second kappa shape index (κ2) is 12.1. The predicted molar refractivity (Wildman–Crippen MR) is 19.7 cm³/mol. The molecule has 0 bridgehead atoms. The monoisotopic (exact) mass is 80.0 g/mol. The Balaban J connectivity index is 0. The van der Waals surface area contributed by atoms with Gasteiger partial charge in [0.05, 0.1) is 0 Å². The lowest BCUT2D eigenvalue weighted by Crippen LogP contribution is -0.926. The van der Waals surface area contributed by atoms with Crippen LogP contribution in [0.15, 0.2) is 12.1 Å². The quantitative estimate of drug-likeness (QED) is 0.407. The maximum Gasteiger partial charge on any atom is -0.00296 e. The van der Waals surface area contributed by atoms with E-state index in [9.17, 15) is 0 Å². The summed E-state index contributed by atoms with van der Waals surface area (Å²) in [5.41, 5.74) is 1.22. The zero-order valence-corrected chi connectivity index (χ0v) is 2.92. The van der Waals surface area contributed by atoms with Gasteiger partial charge in [-0.2, -0.15) is 0 Å². The molecule has 0 saturated carbocycles. The van der Waals surface area contributed by atoms with Crippen LogP contribution < -0.4 is 0 Å². The molecule has 0 heterocycles. The van der Waals surface area contributed by atoms with Crippen LogP contribution in [-0.4, -0.2) is 5.48 Å². The van der Waals surface area contributed by atoms with E-state index in [1.807, 2.05) is 0 Å². The summed E-state index contributed by atoms with van der Waals surface area (Å²) < 4.78 is 0. The Morgan fingerprint density at radius 2 is 1.75 bits per heavy atom. The highest BCUT2D eigenvalue weighted by Gasteiger charge is 1.18. The van der Waals surface area contributed by atoms with Crippen LogP contribution in [0, 0.1) is 0 Å². The fourth-order valence-corrected chi connectivity index (χ4v) is 0. The summed E-state index contributed by atoms with van der Waals surface area (Å²) in [6.45, 7) is 3.13. The van der Waals surface area contributed by atoms with Crippen LogP contribution in [0.1, 0.15) is 0 Å². The van der Waals surface area contributed by atoms with Crippen LogP contribution in [0.4, 0.5) is 0 Å². The first kappa shape index (κ1) is 9.01. The summed E-state index contributed by atoms with van der Waals surface area (Å²) in [7, 11) is 0. The molecule has 0 aliphatic carbocycles. The van der Waals surface area contributed by atoms with Gasteiger partial charge in [0.15, 0.2) is 0 Å². The largest absolute Gasteiger partial charge is 0.412 e. The second-order valence-corrected chi connectivity index (χ2v) is 0.463. The summed E-state index contributed by atoms with van der Waals surface area (Å²) in [4.78, 5) is 0. The number of rotatable bonds is 0. The first-order chi connectivity index (χ1) is 1.41. The van der Waals surface area contributed by atoms with Gasteiger partial charge in [0.1, 0.15) is 0 Å². The summed E-state index contributed by atoms with van der Waals surface area (Å²) in [6, 6.07) is 0. The lowest BCUT2D eigenvalue weighted by molar-refractivity contribution is 0.824. The van der Waals surface area contributed by atoms with Crippen molar-refractivity contribution in [2.75, 3.05) is 0 Å². The molecule has 0 aromatic heterocycles. The molecule has 2 N–H and O–H groups in total. The molecule has 0 aromatic rings. The molecular weight excluding hydrogens is 75.5 g/mol. The van der Waals surface area contributed by atoms with Gasteiger partial charge in [-0.1, -0.05) is 18.2 Å². The Morgan fingerprint density at radius 1 is 1.75 bits per heavy atom. The van der Waals surface area contributed by atoms with Crippen molar-refractivity contribution in [3.8, 4) is 0 Å². The summed E-state index contributed by atoms with van der Waals surface area (Å²) >= 11 is 4.76. The van der Waals surface area contributed by atoms with E-state index in [1.54, 1.807) is 0 Å². The van der Waals surface area contributed by atoms with E-state index in [1.165, 1.54) is 5.54 Å². The topological polar surface area (TPSA) is 31.5 Å². The highest BCUT2D eigenvalue weighted by molar-refractivity contribution is 6.25. The van der Waals surface area contributed by atoms with Crippen molar-refractivity contribution in [2.45, 2.75) is 0 Å². The molecule has 0 aromatic carbocycles. The Kier molecular flexibility index (Phi) is 27.2. The van der Waals surface area contributed by atoms with E-state index in [0.29, 0.717) is 0 Å². The first-order valence-electron chi connectivity index (χ1n) is 0.626. The van der Waals surface area contributed by atoms with E-state index >= 15 is 0 Å². The van der Waals surface area contributed by atoms with E-state index in [0.717, 1.165) is 0 Å². The minimum absolute atomic E-state index is 0. The van der Waals surface area contributed by atoms with Gasteiger partial charge in [0, 0.05) is 0 Å². The molecule has 1 nitrogen and oxygen atoms in total. The third-order valence-corrected chi connectivity index (χ3v) is 0. The minimum atomic E-state index is 0. The van der Waals surface area contributed by atoms with Crippen LogP contribution in [0.25, 0.3) is 0 Å².